The smallest absolute Gasteiger partial charge is 0.432 e. The molecule has 0 saturated heterocycles. The van der Waals surface area contributed by atoms with Crippen LogP contribution < -0.4 is 4.74 Å². The van der Waals surface area contributed by atoms with Crippen LogP contribution in [0.2, 0.25) is 0 Å². The van der Waals surface area contributed by atoms with E-state index in [9.17, 15) is 23.1 Å². The number of aliphatic carboxylic acids is 1. The molecular formula is C22H22F3N3O3. The molecular weight excluding hydrogens is 411 g/mol. The number of alkyl halides is 3. The fraction of sp³-hybridized carbons (Fsp3) is 0.318. The Bertz CT molecular complexity index is 1120. The van der Waals surface area contributed by atoms with Crippen LogP contribution >= 0.6 is 0 Å². The van der Waals surface area contributed by atoms with Gasteiger partial charge in [0.25, 0.3) is 0 Å². The van der Waals surface area contributed by atoms with Gasteiger partial charge in [0.2, 0.25) is 5.88 Å². The molecule has 0 radical (unpaired) electrons. The topological polar surface area (TPSA) is 88.1 Å². The van der Waals surface area contributed by atoms with Crippen molar-refractivity contribution in [3.63, 3.8) is 0 Å². The number of benzene rings is 1. The Morgan fingerprint density at radius 2 is 1.74 bits per heavy atom. The summed E-state index contributed by atoms with van der Waals surface area (Å²) in [6.07, 6.45) is -2.08. The number of aryl methyl sites for hydroxylation is 2. The maximum Gasteiger partial charge on any atom is 0.432 e. The number of carbonyl (C=O) groups is 1. The highest BCUT2D eigenvalue weighted by Gasteiger charge is 2.33. The fourth-order valence-corrected chi connectivity index (χ4v) is 2.93. The van der Waals surface area contributed by atoms with Gasteiger partial charge in [-0.3, -0.25) is 4.79 Å². The standard InChI is InChI=1S/C22H22F3N3O3/c1-12-7-14(5-6-15(12)19-27-10-17(28-19)22(23,24)25)16-9-26-18(8-13(16)2)31-11-21(3,4)20(29)30/h5-10H,11H2,1-4H3,(H,27,28)(H,29,30). The van der Waals surface area contributed by atoms with Crippen molar-refractivity contribution in [2.45, 2.75) is 33.9 Å². The molecule has 0 amide bonds. The number of carboxylic acids is 1. The number of halogens is 3. The second-order valence-corrected chi connectivity index (χ2v) is 7.99. The van der Waals surface area contributed by atoms with Gasteiger partial charge < -0.3 is 14.8 Å². The summed E-state index contributed by atoms with van der Waals surface area (Å²) in [4.78, 5) is 21.6. The van der Waals surface area contributed by atoms with Crippen LogP contribution in [-0.4, -0.2) is 32.6 Å². The second kappa shape index (κ2) is 8.05. The number of nitrogens with one attached hydrogen (secondary N) is 1. The predicted molar refractivity (Wildman–Crippen MR) is 109 cm³/mol. The minimum absolute atomic E-state index is 0.0228. The number of pyridine rings is 1. The molecule has 0 fully saturated rings. The van der Waals surface area contributed by atoms with Crippen LogP contribution in [0.15, 0.2) is 36.7 Å². The largest absolute Gasteiger partial charge is 0.481 e. The van der Waals surface area contributed by atoms with Gasteiger partial charge in [-0.2, -0.15) is 13.2 Å². The number of H-pyrrole nitrogens is 1. The number of aromatic nitrogens is 3. The molecule has 0 unspecified atom stereocenters. The molecule has 0 saturated carbocycles. The highest BCUT2D eigenvalue weighted by molar-refractivity contribution is 5.74. The Kier molecular flexibility index (Phi) is 5.80. The van der Waals surface area contributed by atoms with Crippen LogP contribution in [0.3, 0.4) is 0 Å². The van der Waals surface area contributed by atoms with E-state index in [1.54, 1.807) is 45.2 Å². The van der Waals surface area contributed by atoms with Crippen molar-refractivity contribution in [2.24, 2.45) is 5.41 Å². The van der Waals surface area contributed by atoms with Crippen molar-refractivity contribution in [3.05, 3.63) is 53.5 Å². The summed E-state index contributed by atoms with van der Waals surface area (Å²) in [5.41, 5.74) is 1.92. The van der Waals surface area contributed by atoms with Gasteiger partial charge >= 0.3 is 12.1 Å². The van der Waals surface area contributed by atoms with Crippen molar-refractivity contribution >= 4 is 5.97 Å². The molecule has 0 aliphatic rings. The van der Waals surface area contributed by atoms with E-state index in [-0.39, 0.29) is 12.4 Å². The number of aromatic amines is 1. The zero-order chi connectivity index (χ0) is 23.0. The summed E-state index contributed by atoms with van der Waals surface area (Å²) >= 11 is 0. The van der Waals surface area contributed by atoms with Crippen molar-refractivity contribution in [2.75, 3.05) is 6.61 Å². The highest BCUT2D eigenvalue weighted by atomic mass is 19.4. The number of carboxylic acid groups (broad SMARTS) is 1. The molecule has 0 bridgehead atoms. The summed E-state index contributed by atoms with van der Waals surface area (Å²) in [6.45, 7) is 6.78. The van der Waals surface area contributed by atoms with E-state index in [1.807, 2.05) is 13.0 Å². The lowest BCUT2D eigenvalue weighted by Crippen LogP contribution is -2.30. The van der Waals surface area contributed by atoms with Crippen LogP contribution in [0.25, 0.3) is 22.5 Å². The zero-order valence-electron chi connectivity index (χ0n) is 17.5. The fourth-order valence-electron chi connectivity index (χ4n) is 2.93. The minimum Gasteiger partial charge on any atom is -0.481 e. The molecule has 3 aromatic rings. The van der Waals surface area contributed by atoms with Gasteiger partial charge in [0.05, 0.1) is 11.6 Å². The summed E-state index contributed by atoms with van der Waals surface area (Å²) in [6, 6.07) is 7.07. The first-order chi connectivity index (χ1) is 14.4. The van der Waals surface area contributed by atoms with Gasteiger partial charge in [0, 0.05) is 23.4 Å². The van der Waals surface area contributed by atoms with Gasteiger partial charge in [-0.15, -0.1) is 0 Å². The third-order valence-corrected chi connectivity index (χ3v) is 4.92. The number of hydrogen-bond donors (Lipinski definition) is 2. The first-order valence-electron chi connectivity index (χ1n) is 9.45. The van der Waals surface area contributed by atoms with E-state index in [4.69, 9.17) is 4.74 Å². The summed E-state index contributed by atoms with van der Waals surface area (Å²) in [5.74, 6) is -0.495. The summed E-state index contributed by atoms with van der Waals surface area (Å²) in [7, 11) is 0. The van der Waals surface area contributed by atoms with Crippen LogP contribution in [0.1, 0.15) is 30.7 Å². The number of imidazole rings is 1. The van der Waals surface area contributed by atoms with Crippen molar-refractivity contribution in [3.8, 4) is 28.4 Å². The Morgan fingerprint density at radius 3 is 2.29 bits per heavy atom. The minimum atomic E-state index is -4.48. The Morgan fingerprint density at radius 1 is 1.06 bits per heavy atom. The molecule has 31 heavy (non-hydrogen) atoms. The van der Waals surface area contributed by atoms with E-state index in [0.717, 1.165) is 28.5 Å². The quantitative estimate of drug-likeness (QED) is 0.553. The van der Waals surface area contributed by atoms with E-state index < -0.39 is 23.3 Å². The van der Waals surface area contributed by atoms with Crippen LogP contribution in [0.5, 0.6) is 5.88 Å². The van der Waals surface area contributed by atoms with Gasteiger partial charge in [-0.05, 0) is 44.4 Å². The molecule has 2 aromatic heterocycles. The monoisotopic (exact) mass is 433 g/mol. The maximum atomic E-state index is 12.8. The van der Waals surface area contributed by atoms with Crippen LogP contribution in [-0.2, 0) is 11.0 Å². The lowest BCUT2D eigenvalue weighted by molar-refractivity contribution is -0.148. The van der Waals surface area contributed by atoms with Gasteiger partial charge in [-0.1, -0.05) is 18.2 Å². The molecule has 6 nitrogen and oxygen atoms in total. The Hall–Kier alpha value is -3.36. The van der Waals surface area contributed by atoms with E-state index in [1.165, 1.54) is 0 Å². The number of rotatable bonds is 6. The second-order valence-electron chi connectivity index (χ2n) is 7.99. The third kappa shape index (κ3) is 4.87. The Labute approximate surface area is 177 Å². The number of ether oxygens (including phenoxy) is 1. The number of hydrogen-bond acceptors (Lipinski definition) is 4. The first kappa shape index (κ1) is 22.3. The first-order valence-corrected chi connectivity index (χ1v) is 9.45. The summed E-state index contributed by atoms with van der Waals surface area (Å²) < 4.78 is 44.0. The molecule has 9 heteroatoms. The molecule has 2 N–H and O–H groups in total. The lowest BCUT2D eigenvalue weighted by Gasteiger charge is -2.19. The van der Waals surface area contributed by atoms with E-state index in [2.05, 4.69) is 15.0 Å². The molecule has 3 rings (SSSR count). The van der Waals surface area contributed by atoms with Crippen molar-refractivity contribution in [1.29, 1.82) is 0 Å². The lowest BCUT2D eigenvalue weighted by atomic mass is 9.95. The van der Waals surface area contributed by atoms with Gasteiger partial charge in [0.1, 0.15) is 18.1 Å². The zero-order valence-corrected chi connectivity index (χ0v) is 17.5. The molecule has 0 atom stereocenters. The van der Waals surface area contributed by atoms with Crippen molar-refractivity contribution in [1.82, 2.24) is 15.0 Å². The predicted octanol–water partition coefficient (Wildman–Crippen LogP) is 5.26. The molecule has 164 valence electrons. The number of nitrogens with zero attached hydrogens (tertiary/aromatic N) is 2. The summed E-state index contributed by atoms with van der Waals surface area (Å²) in [5, 5.41) is 9.18. The van der Waals surface area contributed by atoms with Crippen LogP contribution in [0, 0.1) is 19.3 Å². The average molecular weight is 433 g/mol. The SMILES string of the molecule is Cc1cc(OCC(C)(C)C(=O)O)ncc1-c1ccc(-c2ncc(C(F)(F)F)[nH]2)c(C)c1. The van der Waals surface area contributed by atoms with Crippen LogP contribution in [0.4, 0.5) is 13.2 Å². The van der Waals surface area contributed by atoms with Gasteiger partial charge in [-0.25, -0.2) is 9.97 Å². The molecule has 2 heterocycles. The highest BCUT2D eigenvalue weighted by Crippen LogP contribution is 2.32. The molecule has 0 aliphatic heterocycles. The van der Waals surface area contributed by atoms with E-state index in [0.29, 0.717) is 11.4 Å². The molecule has 0 aliphatic carbocycles. The average Bonchev–Trinajstić information content (AvgIpc) is 3.16. The Balaban J connectivity index is 1.83. The van der Waals surface area contributed by atoms with Gasteiger partial charge in [0.15, 0.2) is 0 Å². The van der Waals surface area contributed by atoms with Crippen molar-refractivity contribution < 1.29 is 27.8 Å². The maximum absolute atomic E-state index is 12.8. The van der Waals surface area contributed by atoms with E-state index >= 15 is 0 Å². The molecule has 1 aromatic carbocycles. The normalized spacial score (nSPS) is 12.1. The third-order valence-electron chi connectivity index (χ3n) is 4.92. The molecule has 0 spiro atoms.